The highest BCUT2D eigenvalue weighted by Gasteiger charge is 2.35. The Bertz CT molecular complexity index is 290. The summed E-state index contributed by atoms with van der Waals surface area (Å²) in [6, 6.07) is 0. The molecule has 1 atom stereocenters. The van der Waals surface area contributed by atoms with Crippen LogP contribution in [0.3, 0.4) is 0 Å². The lowest BCUT2D eigenvalue weighted by Gasteiger charge is -2.13. The zero-order valence-electron chi connectivity index (χ0n) is 8.87. The van der Waals surface area contributed by atoms with Gasteiger partial charge in [0.25, 0.3) is 0 Å². The topological polar surface area (TPSA) is 78.5 Å². The van der Waals surface area contributed by atoms with Crippen molar-refractivity contribution >= 4 is 17.7 Å². The summed E-state index contributed by atoms with van der Waals surface area (Å²) in [6.07, 6.45) is 0.386. The molecule has 0 aromatic heterocycles. The van der Waals surface area contributed by atoms with Crippen molar-refractivity contribution in [3.05, 3.63) is 0 Å². The van der Waals surface area contributed by atoms with Crippen LogP contribution in [-0.4, -0.2) is 36.2 Å². The SMILES string of the molecule is CNNC(=O)CCN1C(=O)CC(C)C1=O. The first-order chi connectivity index (χ1) is 7.06. The predicted molar refractivity (Wildman–Crippen MR) is 52.3 cm³/mol. The van der Waals surface area contributed by atoms with Gasteiger partial charge in [0.2, 0.25) is 17.7 Å². The second-order valence-electron chi connectivity index (χ2n) is 3.54. The zero-order chi connectivity index (χ0) is 11.4. The Morgan fingerprint density at radius 2 is 2.20 bits per heavy atom. The van der Waals surface area contributed by atoms with E-state index in [-0.39, 0.29) is 43.0 Å². The molecule has 1 rings (SSSR count). The van der Waals surface area contributed by atoms with Crippen LogP contribution in [0.4, 0.5) is 0 Å². The first-order valence-electron chi connectivity index (χ1n) is 4.86. The molecule has 1 saturated heterocycles. The number of carbonyl (C=O) groups is 3. The average Bonchev–Trinajstić information content (AvgIpc) is 2.40. The molecular weight excluding hydrogens is 198 g/mol. The minimum Gasteiger partial charge on any atom is -0.292 e. The molecule has 1 fully saturated rings. The number of nitrogens with zero attached hydrogens (tertiary/aromatic N) is 1. The fourth-order valence-electron chi connectivity index (χ4n) is 1.50. The molecule has 0 bridgehead atoms. The summed E-state index contributed by atoms with van der Waals surface area (Å²) in [5.41, 5.74) is 4.86. The number of amides is 3. The standard InChI is InChI=1S/C9H15N3O3/c1-6-5-8(14)12(9(6)15)4-3-7(13)11-10-2/h6,10H,3-5H2,1-2H3,(H,11,13). The van der Waals surface area contributed by atoms with Gasteiger partial charge in [0, 0.05) is 32.4 Å². The zero-order valence-corrected chi connectivity index (χ0v) is 8.87. The van der Waals surface area contributed by atoms with Gasteiger partial charge in [-0.1, -0.05) is 6.92 Å². The number of hydrazine groups is 1. The molecule has 6 heteroatoms. The van der Waals surface area contributed by atoms with Gasteiger partial charge in [-0.2, -0.15) is 0 Å². The first-order valence-corrected chi connectivity index (χ1v) is 4.86. The number of likely N-dealkylation sites (tertiary alicyclic amines) is 1. The second kappa shape index (κ2) is 4.88. The normalized spacial score (nSPS) is 20.9. The van der Waals surface area contributed by atoms with Crippen LogP contribution >= 0.6 is 0 Å². The molecule has 6 nitrogen and oxygen atoms in total. The van der Waals surface area contributed by atoms with Gasteiger partial charge in [-0.3, -0.25) is 24.7 Å². The largest absolute Gasteiger partial charge is 0.292 e. The van der Waals surface area contributed by atoms with E-state index >= 15 is 0 Å². The Kier molecular flexibility index (Phi) is 3.79. The molecule has 1 aliphatic rings. The van der Waals surface area contributed by atoms with Crippen LogP contribution in [0.15, 0.2) is 0 Å². The van der Waals surface area contributed by atoms with Crippen molar-refractivity contribution in [2.24, 2.45) is 5.92 Å². The molecular formula is C9H15N3O3. The molecule has 0 aromatic rings. The van der Waals surface area contributed by atoms with E-state index in [4.69, 9.17) is 0 Å². The van der Waals surface area contributed by atoms with Crippen molar-refractivity contribution < 1.29 is 14.4 Å². The molecule has 15 heavy (non-hydrogen) atoms. The van der Waals surface area contributed by atoms with Crippen LogP contribution in [0.25, 0.3) is 0 Å². The lowest BCUT2D eigenvalue weighted by molar-refractivity contribution is -0.139. The Hall–Kier alpha value is -1.43. The fourth-order valence-corrected chi connectivity index (χ4v) is 1.50. The number of nitrogens with one attached hydrogen (secondary N) is 2. The summed E-state index contributed by atoms with van der Waals surface area (Å²) in [5.74, 6) is -0.857. The molecule has 3 amide bonds. The van der Waals surface area contributed by atoms with E-state index in [0.29, 0.717) is 0 Å². The van der Waals surface area contributed by atoms with Crippen LogP contribution in [0, 0.1) is 5.92 Å². The minimum atomic E-state index is -0.245. The summed E-state index contributed by atoms with van der Waals surface area (Å²) in [5, 5.41) is 0. The van der Waals surface area contributed by atoms with Crippen molar-refractivity contribution in [2.45, 2.75) is 19.8 Å². The molecule has 0 spiro atoms. The summed E-state index contributed by atoms with van der Waals surface area (Å²) < 4.78 is 0. The Labute approximate surface area is 88.0 Å². The highest BCUT2D eigenvalue weighted by molar-refractivity contribution is 6.03. The summed E-state index contributed by atoms with van der Waals surface area (Å²) in [7, 11) is 1.58. The van der Waals surface area contributed by atoms with Crippen LogP contribution < -0.4 is 10.9 Å². The third-order valence-corrected chi connectivity index (χ3v) is 2.30. The van der Waals surface area contributed by atoms with Gasteiger partial charge in [0.15, 0.2) is 0 Å². The quantitative estimate of drug-likeness (QED) is 0.465. The van der Waals surface area contributed by atoms with E-state index in [1.165, 1.54) is 0 Å². The Morgan fingerprint density at radius 1 is 1.53 bits per heavy atom. The number of hydrogen-bond acceptors (Lipinski definition) is 4. The average molecular weight is 213 g/mol. The van der Waals surface area contributed by atoms with Crippen molar-refractivity contribution in [3.8, 4) is 0 Å². The number of rotatable bonds is 4. The van der Waals surface area contributed by atoms with Crippen LogP contribution in [0.5, 0.6) is 0 Å². The third-order valence-electron chi connectivity index (χ3n) is 2.30. The highest BCUT2D eigenvalue weighted by atomic mass is 16.2. The van der Waals surface area contributed by atoms with Gasteiger partial charge < -0.3 is 0 Å². The van der Waals surface area contributed by atoms with Gasteiger partial charge >= 0.3 is 0 Å². The fraction of sp³-hybridized carbons (Fsp3) is 0.667. The maximum atomic E-state index is 11.4. The molecule has 2 N–H and O–H groups in total. The summed E-state index contributed by atoms with van der Waals surface area (Å²) >= 11 is 0. The van der Waals surface area contributed by atoms with E-state index in [2.05, 4.69) is 10.9 Å². The predicted octanol–water partition coefficient (Wildman–Crippen LogP) is -0.978. The lowest BCUT2D eigenvalue weighted by atomic mass is 10.1. The lowest BCUT2D eigenvalue weighted by Crippen LogP contribution is -2.38. The highest BCUT2D eigenvalue weighted by Crippen LogP contribution is 2.18. The van der Waals surface area contributed by atoms with Crippen LogP contribution in [0.1, 0.15) is 19.8 Å². The Balaban J connectivity index is 2.42. The van der Waals surface area contributed by atoms with Gasteiger partial charge in [0.1, 0.15) is 0 Å². The van der Waals surface area contributed by atoms with Crippen LogP contribution in [-0.2, 0) is 14.4 Å². The van der Waals surface area contributed by atoms with E-state index in [1.54, 1.807) is 14.0 Å². The van der Waals surface area contributed by atoms with Crippen molar-refractivity contribution in [3.63, 3.8) is 0 Å². The second-order valence-corrected chi connectivity index (χ2v) is 3.54. The van der Waals surface area contributed by atoms with Gasteiger partial charge in [-0.15, -0.1) is 0 Å². The van der Waals surface area contributed by atoms with Gasteiger partial charge in [-0.05, 0) is 0 Å². The number of imide groups is 1. The van der Waals surface area contributed by atoms with Crippen molar-refractivity contribution in [1.82, 2.24) is 15.8 Å². The molecule has 1 aliphatic heterocycles. The van der Waals surface area contributed by atoms with E-state index < -0.39 is 0 Å². The maximum absolute atomic E-state index is 11.4. The molecule has 1 heterocycles. The molecule has 84 valence electrons. The van der Waals surface area contributed by atoms with Crippen molar-refractivity contribution in [1.29, 1.82) is 0 Å². The minimum absolute atomic E-state index is 0.130. The summed E-state index contributed by atoms with van der Waals surface area (Å²) in [6.45, 7) is 1.88. The third kappa shape index (κ3) is 2.76. The van der Waals surface area contributed by atoms with Gasteiger partial charge in [-0.25, -0.2) is 5.43 Å². The number of carbonyl (C=O) groups excluding carboxylic acids is 3. The molecule has 0 aliphatic carbocycles. The molecule has 0 aromatic carbocycles. The molecule has 0 radical (unpaired) electrons. The monoisotopic (exact) mass is 213 g/mol. The van der Waals surface area contributed by atoms with Crippen LogP contribution in [0.2, 0.25) is 0 Å². The Morgan fingerprint density at radius 3 is 2.67 bits per heavy atom. The molecule has 1 unspecified atom stereocenters. The van der Waals surface area contributed by atoms with E-state index in [9.17, 15) is 14.4 Å². The molecule has 0 saturated carbocycles. The smallest absolute Gasteiger partial charge is 0.235 e. The number of hydrogen-bond donors (Lipinski definition) is 2. The summed E-state index contributed by atoms with van der Waals surface area (Å²) in [4.78, 5) is 35.0. The maximum Gasteiger partial charge on any atom is 0.235 e. The van der Waals surface area contributed by atoms with Crippen molar-refractivity contribution in [2.75, 3.05) is 13.6 Å². The first kappa shape index (κ1) is 11.6. The van der Waals surface area contributed by atoms with E-state index in [0.717, 1.165) is 4.90 Å². The van der Waals surface area contributed by atoms with E-state index in [1.807, 2.05) is 0 Å². The van der Waals surface area contributed by atoms with Gasteiger partial charge in [0.05, 0.1) is 0 Å².